The van der Waals surface area contributed by atoms with Gasteiger partial charge in [0.05, 0.1) is 11.4 Å². The van der Waals surface area contributed by atoms with Crippen molar-refractivity contribution in [3.05, 3.63) is 47.5 Å². The molecule has 2 heterocycles. The number of likely N-dealkylation sites (N-methyl/N-ethyl adjacent to an activating group) is 1. The molecule has 7 nitrogen and oxygen atoms in total. The molecule has 1 aromatic carbocycles. The number of aromatic nitrogens is 2. The monoisotopic (exact) mass is 382 g/mol. The van der Waals surface area contributed by atoms with Crippen LogP contribution in [0.1, 0.15) is 49.6 Å². The first-order valence-electron chi connectivity index (χ1n) is 9.39. The number of fused-ring (bicyclic) bond motifs is 1. The standard InChI is InChI=1S/C21H26N4O3/c1-6-13-11-22-18(24-17(13)21(2,3)4)19(26)23-14-12-28-16-10-8-7-9-15(16)25(5)20(14)27/h7-11,14H,6,12H2,1-5H3,(H,23,26)/t14-/m0/s1. The van der Waals surface area contributed by atoms with Crippen LogP contribution in [-0.2, 0) is 16.6 Å². The van der Waals surface area contributed by atoms with Crippen LogP contribution in [0.2, 0.25) is 0 Å². The number of carbonyl (C=O) groups is 2. The van der Waals surface area contributed by atoms with E-state index in [-0.39, 0.29) is 23.8 Å². The maximum Gasteiger partial charge on any atom is 0.289 e. The third-order valence-electron chi connectivity index (χ3n) is 4.73. The van der Waals surface area contributed by atoms with Crippen LogP contribution >= 0.6 is 0 Å². The van der Waals surface area contributed by atoms with E-state index in [2.05, 4.69) is 15.3 Å². The zero-order valence-corrected chi connectivity index (χ0v) is 16.9. The van der Waals surface area contributed by atoms with E-state index in [1.54, 1.807) is 25.4 Å². The minimum absolute atomic E-state index is 0.0467. The zero-order chi connectivity index (χ0) is 20.5. The lowest BCUT2D eigenvalue weighted by molar-refractivity contribution is -0.120. The third-order valence-corrected chi connectivity index (χ3v) is 4.73. The molecule has 148 valence electrons. The van der Waals surface area contributed by atoms with Gasteiger partial charge in [-0.1, -0.05) is 39.8 Å². The number of para-hydroxylation sites is 2. The van der Waals surface area contributed by atoms with Gasteiger partial charge in [-0.05, 0) is 24.1 Å². The number of benzene rings is 1. The largest absolute Gasteiger partial charge is 0.489 e. The van der Waals surface area contributed by atoms with Crippen molar-refractivity contribution in [3.8, 4) is 5.75 Å². The Labute approximate surface area is 165 Å². The van der Waals surface area contributed by atoms with Gasteiger partial charge in [0.25, 0.3) is 11.8 Å². The number of carbonyl (C=O) groups excluding carboxylic acids is 2. The van der Waals surface area contributed by atoms with Crippen LogP contribution in [0.25, 0.3) is 0 Å². The molecule has 1 N–H and O–H groups in total. The average Bonchev–Trinajstić information content (AvgIpc) is 2.79. The van der Waals surface area contributed by atoms with Crippen molar-refractivity contribution in [2.24, 2.45) is 0 Å². The van der Waals surface area contributed by atoms with Gasteiger partial charge in [0, 0.05) is 18.7 Å². The number of ether oxygens (including phenoxy) is 1. The molecule has 1 atom stereocenters. The Morgan fingerprint density at radius 3 is 2.71 bits per heavy atom. The van der Waals surface area contributed by atoms with Gasteiger partial charge in [-0.25, -0.2) is 9.97 Å². The van der Waals surface area contributed by atoms with Crippen LogP contribution in [0.15, 0.2) is 30.5 Å². The summed E-state index contributed by atoms with van der Waals surface area (Å²) in [5.41, 5.74) is 2.30. The predicted octanol–water partition coefficient (Wildman–Crippen LogP) is 2.49. The van der Waals surface area contributed by atoms with Crippen LogP contribution in [0, 0.1) is 0 Å². The minimum atomic E-state index is -0.822. The highest BCUT2D eigenvalue weighted by Crippen LogP contribution is 2.30. The second kappa shape index (κ2) is 7.58. The number of anilines is 1. The molecule has 0 bridgehead atoms. The maximum absolute atomic E-state index is 12.8. The lowest BCUT2D eigenvalue weighted by Gasteiger charge is -2.22. The van der Waals surface area contributed by atoms with E-state index in [9.17, 15) is 9.59 Å². The lowest BCUT2D eigenvalue weighted by atomic mass is 9.88. The first-order chi connectivity index (χ1) is 13.2. The number of aryl methyl sites for hydroxylation is 1. The van der Waals surface area contributed by atoms with E-state index in [0.29, 0.717) is 11.4 Å². The molecule has 1 aliphatic rings. The summed E-state index contributed by atoms with van der Waals surface area (Å²) in [4.78, 5) is 35.8. The minimum Gasteiger partial charge on any atom is -0.489 e. The molecular formula is C21H26N4O3. The number of hydrogen-bond acceptors (Lipinski definition) is 5. The Kier molecular flexibility index (Phi) is 5.36. The van der Waals surface area contributed by atoms with Crippen LogP contribution in [0.4, 0.5) is 5.69 Å². The number of rotatable bonds is 3. The summed E-state index contributed by atoms with van der Waals surface area (Å²) in [6.45, 7) is 8.22. The fourth-order valence-electron chi connectivity index (χ4n) is 3.20. The van der Waals surface area contributed by atoms with Crippen LogP contribution in [-0.4, -0.2) is 41.5 Å². The van der Waals surface area contributed by atoms with Gasteiger partial charge in [0.15, 0.2) is 0 Å². The van der Waals surface area contributed by atoms with Crippen molar-refractivity contribution in [3.63, 3.8) is 0 Å². The van der Waals surface area contributed by atoms with Crippen molar-refractivity contribution in [1.82, 2.24) is 15.3 Å². The van der Waals surface area contributed by atoms with Gasteiger partial charge in [-0.2, -0.15) is 0 Å². The molecule has 0 aliphatic carbocycles. The highest BCUT2D eigenvalue weighted by Gasteiger charge is 2.31. The highest BCUT2D eigenvalue weighted by atomic mass is 16.5. The zero-order valence-electron chi connectivity index (χ0n) is 16.9. The summed E-state index contributed by atoms with van der Waals surface area (Å²) in [6.07, 6.45) is 2.47. The van der Waals surface area contributed by atoms with Crippen LogP contribution in [0.3, 0.4) is 0 Å². The third kappa shape index (κ3) is 3.83. The molecule has 28 heavy (non-hydrogen) atoms. The molecule has 2 aromatic rings. The Balaban J connectivity index is 1.83. The van der Waals surface area contributed by atoms with Gasteiger partial charge in [0.2, 0.25) is 5.82 Å². The molecule has 1 aliphatic heterocycles. The average molecular weight is 382 g/mol. The number of hydrogen-bond donors (Lipinski definition) is 1. The second-order valence-electron chi connectivity index (χ2n) is 7.87. The summed E-state index contributed by atoms with van der Waals surface area (Å²) in [5.74, 6) is -0.0815. The van der Waals surface area contributed by atoms with Gasteiger partial charge < -0.3 is 15.0 Å². The fourth-order valence-corrected chi connectivity index (χ4v) is 3.20. The summed E-state index contributed by atoms with van der Waals surface area (Å²) >= 11 is 0. The number of amides is 2. The quantitative estimate of drug-likeness (QED) is 0.882. The molecule has 0 spiro atoms. The van der Waals surface area contributed by atoms with E-state index in [0.717, 1.165) is 17.7 Å². The van der Waals surface area contributed by atoms with Crippen molar-refractivity contribution in [2.75, 3.05) is 18.6 Å². The first-order valence-corrected chi connectivity index (χ1v) is 9.39. The topological polar surface area (TPSA) is 84.4 Å². The van der Waals surface area contributed by atoms with E-state index in [1.165, 1.54) is 4.90 Å². The summed E-state index contributed by atoms with van der Waals surface area (Å²) in [5, 5.41) is 2.73. The van der Waals surface area contributed by atoms with Gasteiger partial charge >= 0.3 is 0 Å². The molecule has 0 radical (unpaired) electrons. The maximum atomic E-state index is 12.8. The normalized spacial score (nSPS) is 16.8. The van der Waals surface area contributed by atoms with Gasteiger partial charge in [0.1, 0.15) is 18.4 Å². The van der Waals surface area contributed by atoms with Crippen molar-refractivity contribution >= 4 is 17.5 Å². The second-order valence-corrected chi connectivity index (χ2v) is 7.87. The summed E-state index contributed by atoms with van der Waals surface area (Å²) in [6, 6.07) is 6.46. The SMILES string of the molecule is CCc1cnc(C(=O)N[C@H]2COc3ccccc3N(C)C2=O)nc1C(C)(C)C. The fraction of sp³-hybridized carbons (Fsp3) is 0.429. The van der Waals surface area contributed by atoms with Gasteiger partial charge in [-0.15, -0.1) is 0 Å². The molecule has 1 aromatic heterocycles. The predicted molar refractivity (Wildman–Crippen MR) is 107 cm³/mol. The van der Waals surface area contributed by atoms with Crippen LogP contribution in [0.5, 0.6) is 5.75 Å². The molecule has 0 unspecified atom stereocenters. The van der Waals surface area contributed by atoms with Crippen molar-refractivity contribution in [1.29, 1.82) is 0 Å². The molecular weight excluding hydrogens is 356 g/mol. The van der Waals surface area contributed by atoms with Gasteiger partial charge in [-0.3, -0.25) is 9.59 Å². The molecule has 0 saturated heterocycles. The summed E-state index contributed by atoms with van der Waals surface area (Å²) < 4.78 is 5.74. The number of nitrogens with one attached hydrogen (secondary N) is 1. The van der Waals surface area contributed by atoms with Crippen LogP contribution < -0.4 is 15.0 Å². The Morgan fingerprint density at radius 1 is 1.32 bits per heavy atom. The number of nitrogens with zero attached hydrogens (tertiary/aromatic N) is 3. The first kappa shape index (κ1) is 19.8. The smallest absolute Gasteiger partial charge is 0.289 e. The Bertz CT molecular complexity index is 905. The van der Waals surface area contributed by atoms with Crippen molar-refractivity contribution in [2.45, 2.75) is 45.6 Å². The van der Waals surface area contributed by atoms with E-state index in [4.69, 9.17) is 4.74 Å². The molecule has 0 fully saturated rings. The molecule has 2 amide bonds. The highest BCUT2D eigenvalue weighted by molar-refractivity contribution is 6.02. The van der Waals surface area contributed by atoms with E-state index in [1.807, 2.05) is 39.8 Å². The van der Waals surface area contributed by atoms with E-state index >= 15 is 0 Å². The Morgan fingerprint density at radius 2 is 2.04 bits per heavy atom. The van der Waals surface area contributed by atoms with E-state index < -0.39 is 11.9 Å². The molecule has 0 saturated carbocycles. The van der Waals surface area contributed by atoms with Crippen molar-refractivity contribution < 1.29 is 14.3 Å². The summed E-state index contributed by atoms with van der Waals surface area (Å²) in [7, 11) is 1.67. The molecule has 7 heteroatoms. The molecule has 3 rings (SSSR count). The Hall–Kier alpha value is -2.96. The lowest BCUT2D eigenvalue weighted by Crippen LogP contribution is -2.49.